The number of benzene rings is 1. The summed E-state index contributed by atoms with van der Waals surface area (Å²) in [5, 5.41) is 18.7. The van der Waals surface area contributed by atoms with Crippen molar-refractivity contribution in [3.63, 3.8) is 0 Å². The Morgan fingerprint density at radius 2 is 2.00 bits per heavy atom. The van der Waals surface area contributed by atoms with Crippen molar-refractivity contribution in [2.24, 2.45) is 0 Å². The number of nitrogens with two attached hydrogens (primary N) is 1. The van der Waals surface area contributed by atoms with E-state index in [1.54, 1.807) is 24.3 Å². The lowest BCUT2D eigenvalue weighted by molar-refractivity contribution is 0.0677. The second kappa shape index (κ2) is 8.74. The van der Waals surface area contributed by atoms with Crippen LogP contribution in [0.25, 0.3) is 0 Å². The molecule has 1 aromatic carbocycles. The van der Waals surface area contributed by atoms with E-state index in [2.05, 4.69) is 4.90 Å². The minimum Gasteiger partial charge on any atom is -0.491 e. The summed E-state index contributed by atoms with van der Waals surface area (Å²) in [7, 11) is 0. The maximum atomic E-state index is 9.91. The smallest absolute Gasteiger partial charge is 0.119 e. The first kappa shape index (κ1) is 15.8. The fourth-order valence-electron chi connectivity index (χ4n) is 1.78. The van der Waals surface area contributed by atoms with E-state index in [9.17, 15) is 5.11 Å². The van der Waals surface area contributed by atoms with Gasteiger partial charge in [0, 0.05) is 25.4 Å². The number of ether oxygens (including phenoxy) is 1. The molecule has 108 valence electrons. The minimum absolute atomic E-state index is 0.175. The van der Waals surface area contributed by atoms with Gasteiger partial charge >= 0.3 is 0 Å². The van der Waals surface area contributed by atoms with Crippen LogP contribution in [0, 0.1) is 0 Å². The monoisotopic (exact) mass is 268 g/mol. The van der Waals surface area contributed by atoms with E-state index in [1.807, 2.05) is 6.92 Å². The number of hydrogen-bond acceptors (Lipinski definition) is 5. The van der Waals surface area contributed by atoms with Crippen LogP contribution in [0.3, 0.4) is 0 Å². The molecule has 19 heavy (non-hydrogen) atoms. The van der Waals surface area contributed by atoms with Crippen molar-refractivity contribution in [3.05, 3.63) is 24.3 Å². The second-order valence-electron chi connectivity index (χ2n) is 4.50. The third-order valence-electron chi connectivity index (χ3n) is 2.87. The van der Waals surface area contributed by atoms with Crippen LogP contribution in [-0.2, 0) is 0 Å². The second-order valence-corrected chi connectivity index (χ2v) is 4.50. The maximum Gasteiger partial charge on any atom is 0.119 e. The van der Waals surface area contributed by atoms with Gasteiger partial charge in [0.05, 0.1) is 0 Å². The highest BCUT2D eigenvalue weighted by Gasteiger charge is 2.10. The third-order valence-corrected chi connectivity index (χ3v) is 2.87. The lowest BCUT2D eigenvalue weighted by atomic mass is 10.3. The number of hydrogen-bond donors (Lipinski definition) is 3. The maximum absolute atomic E-state index is 9.91. The van der Waals surface area contributed by atoms with Crippen LogP contribution in [0.1, 0.15) is 13.3 Å². The van der Waals surface area contributed by atoms with E-state index in [0.717, 1.165) is 19.5 Å². The van der Waals surface area contributed by atoms with Crippen molar-refractivity contribution >= 4 is 5.69 Å². The molecule has 1 atom stereocenters. The van der Waals surface area contributed by atoms with Crippen molar-refractivity contribution in [2.75, 3.05) is 38.6 Å². The largest absolute Gasteiger partial charge is 0.491 e. The SMILES string of the molecule is CCN(CCCO)CC(O)COc1ccc(N)cc1. The van der Waals surface area contributed by atoms with E-state index >= 15 is 0 Å². The van der Waals surface area contributed by atoms with Crippen LogP contribution in [-0.4, -0.2) is 54.1 Å². The molecule has 1 aromatic rings. The molecule has 0 spiro atoms. The summed E-state index contributed by atoms with van der Waals surface area (Å²) in [6, 6.07) is 7.10. The number of rotatable bonds is 9. The van der Waals surface area contributed by atoms with E-state index in [-0.39, 0.29) is 13.2 Å². The van der Waals surface area contributed by atoms with Crippen LogP contribution in [0.2, 0.25) is 0 Å². The third kappa shape index (κ3) is 6.42. The van der Waals surface area contributed by atoms with E-state index in [1.165, 1.54) is 0 Å². The molecule has 5 heteroatoms. The fourth-order valence-corrected chi connectivity index (χ4v) is 1.78. The number of aliphatic hydroxyl groups is 2. The molecule has 0 aromatic heterocycles. The molecule has 0 saturated heterocycles. The van der Waals surface area contributed by atoms with E-state index in [4.69, 9.17) is 15.6 Å². The van der Waals surface area contributed by atoms with Crippen molar-refractivity contribution in [1.82, 2.24) is 4.90 Å². The zero-order valence-electron chi connectivity index (χ0n) is 11.5. The first-order valence-corrected chi connectivity index (χ1v) is 6.65. The lowest BCUT2D eigenvalue weighted by Gasteiger charge is -2.23. The molecule has 0 fully saturated rings. The highest BCUT2D eigenvalue weighted by Crippen LogP contribution is 2.13. The minimum atomic E-state index is -0.545. The van der Waals surface area contributed by atoms with Gasteiger partial charge < -0.3 is 25.6 Å². The van der Waals surface area contributed by atoms with Crippen LogP contribution < -0.4 is 10.5 Å². The number of aliphatic hydroxyl groups excluding tert-OH is 2. The summed E-state index contributed by atoms with van der Waals surface area (Å²) in [5.41, 5.74) is 6.27. The van der Waals surface area contributed by atoms with Crippen molar-refractivity contribution in [2.45, 2.75) is 19.4 Å². The molecular weight excluding hydrogens is 244 g/mol. The Hall–Kier alpha value is -1.30. The first-order valence-electron chi connectivity index (χ1n) is 6.65. The zero-order valence-corrected chi connectivity index (χ0v) is 11.5. The van der Waals surface area contributed by atoms with Crippen molar-refractivity contribution < 1.29 is 14.9 Å². The summed E-state index contributed by atoms with van der Waals surface area (Å²) in [4.78, 5) is 2.09. The van der Waals surface area contributed by atoms with Crippen LogP contribution >= 0.6 is 0 Å². The molecule has 1 rings (SSSR count). The molecule has 0 radical (unpaired) electrons. The van der Waals surface area contributed by atoms with Gasteiger partial charge in [-0.05, 0) is 37.2 Å². The number of nitrogen functional groups attached to an aromatic ring is 1. The van der Waals surface area contributed by atoms with E-state index in [0.29, 0.717) is 18.0 Å². The van der Waals surface area contributed by atoms with E-state index < -0.39 is 6.10 Å². The normalized spacial score (nSPS) is 12.6. The van der Waals surface area contributed by atoms with Gasteiger partial charge in [-0.2, -0.15) is 0 Å². The van der Waals surface area contributed by atoms with Crippen LogP contribution in [0.15, 0.2) is 24.3 Å². The quantitative estimate of drug-likeness (QED) is 0.575. The van der Waals surface area contributed by atoms with Crippen molar-refractivity contribution in [3.8, 4) is 5.75 Å². The molecule has 0 amide bonds. The molecular formula is C14H24N2O3. The van der Waals surface area contributed by atoms with Gasteiger partial charge in [-0.3, -0.25) is 0 Å². The summed E-state index contributed by atoms with van der Waals surface area (Å²) in [5.74, 6) is 0.701. The summed E-state index contributed by atoms with van der Waals surface area (Å²) >= 11 is 0. The molecule has 0 saturated carbocycles. The average molecular weight is 268 g/mol. The Labute approximate surface area is 114 Å². The van der Waals surface area contributed by atoms with Crippen LogP contribution in [0.4, 0.5) is 5.69 Å². The molecule has 0 aliphatic carbocycles. The molecule has 4 N–H and O–H groups in total. The first-order chi connectivity index (χ1) is 9.15. The summed E-state index contributed by atoms with van der Waals surface area (Å²) in [6.07, 6.45) is 0.176. The van der Waals surface area contributed by atoms with Gasteiger partial charge in [0.25, 0.3) is 0 Å². The average Bonchev–Trinajstić information content (AvgIpc) is 2.42. The van der Waals surface area contributed by atoms with Crippen LogP contribution in [0.5, 0.6) is 5.75 Å². The molecule has 1 unspecified atom stereocenters. The Morgan fingerprint density at radius 3 is 2.58 bits per heavy atom. The Bertz CT molecular complexity index is 343. The Balaban J connectivity index is 2.29. The number of nitrogens with zero attached hydrogens (tertiary/aromatic N) is 1. The van der Waals surface area contributed by atoms with Gasteiger partial charge in [0.15, 0.2) is 0 Å². The molecule has 0 aliphatic heterocycles. The van der Waals surface area contributed by atoms with Gasteiger partial charge in [-0.25, -0.2) is 0 Å². The Kier molecular flexibility index (Phi) is 7.25. The van der Waals surface area contributed by atoms with Crippen molar-refractivity contribution in [1.29, 1.82) is 0 Å². The standard InChI is InChI=1S/C14H24N2O3/c1-2-16(8-3-9-17)10-13(18)11-19-14-6-4-12(15)5-7-14/h4-7,13,17-18H,2-3,8-11,15H2,1H3. The highest BCUT2D eigenvalue weighted by molar-refractivity contribution is 5.41. The highest BCUT2D eigenvalue weighted by atomic mass is 16.5. The molecule has 0 bridgehead atoms. The zero-order chi connectivity index (χ0) is 14.1. The fraction of sp³-hybridized carbons (Fsp3) is 0.571. The molecule has 0 heterocycles. The lowest BCUT2D eigenvalue weighted by Crippen LogP contribution is -2.36. The summed E-state index contributed by atoms with van der Waals surface area (Å²) in [6.45, 7) is 4.63. The summed E-state index contributed by atoms with van der Waals surface area (Å²) < 4.78 is 5.49. The van der Waals surface area contributed by atoms with Gasteiger partial charge in [-0.15, -0.1) is 0 Å². The van der Waals surface area contributed by atoms with Gasteiger partial charge in [0.2, 0.25) is 0 Å². The van der Waals surface area contributed by atoms with Gasteiger partial charge in [0.1, 0.15) is 18.5 Å². The number of anilines is 1. The topological polar surface area (TPSA) is 79.0 Å². The predicted octanol–water partition coefficient (Wildman–Crippen LogP) is 0.713. The number of likely N-dealkylation sites (N-methyl/N-ethyl adjacent to an activating group) is 1. The van der Waals surface area contributed by atoms with Gasteiger partial charge in [-0.1, -0.05) is 6.92 Å². The molecule has 0 aliphatic rings. The Morgan fingerprint density at radius 1 is 1.32 bits per heavy atom. The predicted molar refractivity (Wildman–Crippen MR) is 76.2 cm³/mol. The molecule has 5 nitrogen and oxygen atoms in total.